The van der Waals surface area contributed by atoms with E-state index in [1.165, 1.54) is 18.0 Å². The maximum Gasteiger partial charge on any atom is 0.235 e. The molecule has 1 spiro atoms. The third kappa shape index (κ3) is 4.54. The number of benzene rings is 2. The standard InChI is InChI=1S/C24H27ClFN3O3S/c1-29-8-9-31-17(13-29)14-32-20-12-16(28-33-21-5-4-15(25)10-19(21)26)11-18-22(20)27-23(30)24(18)6-2-3-7-24/h4-5,10-12,17,28H,2-3,6-9,13-14H2,1H3,(H,27,30). The number of carbonyl (C=O) groups is 1. The Morgan fingerprint density at radius 1 is 1.33 bits per heavy atom. The quantitative estimate of drug-likeness (QED) is 0.550. The average Bonchev–Trinajstić information content (AvgIpc) is 3.38. The molecule has 0 radical (unpaired) electrons. The van der Waals surface area contributed by atoms with Gasteiger partial charge in [0.05, 0.1) is 22.6 Å². The molecular weight excluding hydrogens is 465 g/mol. The number of rotatable bonds is 6. The van der Waals surface area contributed by atoms with Gasteiger partial charge in [-0.2, -0.15) is 0 Å². The van der Waals surface area contributed by atoms with Crippen molar-refractivity contribution in [3.05, 3.63) is 46.7 Å². The minimum Gasteiger partial charge on any atom is -0.489 e. The van der Waals surface area contributed by atoms with Crippen molar-refractivity contribution < 1.29 is 18.7 Å². The summed E-state index contributed by atoms with van der Waals surface area (Å²) in [6.07, 6.45) is 3.65. The lowest BCUT2D eigenvalue weighted by atomic mass is 9.80. The van der Waals surface area contributed by atoms with Gasteiger partial charge >= 0.3 is 0 Å². The van der Waals surface area contributed by atoms with Gasteiger partial charge in [0, 0.05) is 29.9 Å². The van der Waals surface area contributed by atoms with Crippen LogP contribution in [0.1, 0.15) is 31.2 Å². The number of amides is 1. The zero-order valence-electron chi connectivity index (χ0n) is 18.5. The summed E-state index contributed by atoms with van der Waals surface area (Å²) >= 11 is 7.04. The predicted molar refractivity (Wildman–Crippen MR) is 129 cm³/mol. The van der Waals surface area contributed by atoms with Gasteiger partial charge in [0.2, 0.25) is 5.91 Å². The fourth-order valence-electron chi connectivity index (χ4n) is 4.95. The monoisotopic (exact) mass is 491 g/mol. The van der Waals surface area contributed by atoms with Crippen LogP contribution in [0, 0.1) is 5.82 Å². The molecule has 0 bridgehead atoms. The smallest absolute Gasteiger partial charge is 0.235 e. The molecule has 1 saturated heterocycles. The Morgan fingerprint density at radius 2 is 2.15 bits per heavy atom. The number of fused-ring (bicyclic) bond motifs is 2. The lowest BCUT2D eigenvalue weighted by Crippen LogP contribution is -2.42. The van der Waals surface area contributed by atoms with E-state index in [-0.39, 0.29) is 17.8 Å². The normalized spacial score (nSPS) is 21.8. The summed E-state index contributed by atoms with van der Waals surface area (Å²) in [5.74, 6) is 0.267. The molecule has 176 valence electrons. The van der Waals surface area contributed by atoms with Crippen molar-refractivity contribution in [2.75, 3.05) is 43.4 Å². The van der Waals surface area contributed by atoms with Gasteiger partial charge < -0.3 is 24.4 Å². The molecule has 3 aliphatic rings. The van der Waals surface area contributed by atoms with Gasteiger partial charge in [-0.25, -0.2) is 4.39 Å². The van der Waals surface area contributed by atoms with E-state index in [2.05, 4.69) is 22.0 Å². The van der Waals surface area contributed by atoms with E-state index in [1.807, 2.05) is 12.1 Å². The third-order valence-corrected chi connectivity index (χ3v) is 7.81. The highest BCUT2D eigenvalue weighted by Crippen LogP contribution is 2.52. The van der Waals surface area contributed by atoms with Crippen LogP contribution in [-0.4, -0.2) is 50.3 Å². The molecule has 2 fully saturated rings. The Hall–Kier alpha value is -2.00. The van der Waals surface area contributed by atoms with Crippen molar-refractivity contribution in [1.29, 1.82) is 0 Å². The first-order valence-corrected chi connectivity index (χ1v) is 12.4. The first kappa shape index (κ1) is 22.8. The van der Waals surface area contributed by atoms with Crippen molar-refractivity contribution >= 4 is 40.8 Å². The predicted octanol–water partition coefficient (Wildman–Crippen LogP) is 5.07. The van der Waals surface area contributed by atoms with Gasteiger partial charge in [-0.05, 0) is 61.7 Å². The van der Waals surface area contributed by atoms with Gasteiger partial charge in [-0.15, -0.1) is 0 Å². The summed E-state index contributed by atoms with van der Waals surface area (Å²) in [6, 6.07) is 8.45. The number of morpholine rings is 1. The number of ether oxygens (including phenoxy) is 2. The maximum atomic E-state index is 14.3. The van der Waals surface area contributed by atoms with E-state index >= 15 is 0 Å². The van der Waals surface area contributed by atoms with E-state index in [0.29, 0.717) is 28.9 Å². The molecule has 0 aromatic heterocycles. The van der Waals surface area contributed by atoms with Crippen LogP contribution in [0.4, 0.5) is 15.8 Å². The SMILES string of the molecule is CN1CCOC(COc2cc(NSc3ccc(Cl)cc3F)cc3c2NC(=O)C32CCCC2)C1. The summed E-state index contributed by atoms with van der Waals surface area (Å²) in [4.78, 5) is 15.7. The zero-order valence-corrected chi connectivity index (χ0v) is 20.0. The molecule has 2 aromatic carbocycles. The van der Waals surface area contributed by atoms with E-state index < -0.39 is 5.41 Å². The van der Waals surface area contributed by atoms with Crippen LogP contribution in [0.2, 0.25) is 5.02 Å². The number of nitrogens with one attached hydrogen (secondary N) is 2. The highest BCUT2D eigenvalue weighted by Gasteiger charge is 2.49. The number of likely N-dealkylation sites (N-methyl/N-ethyl adjacent to an activating group) is 1. The number of nitrogens with zero attached hydrogens (tertiary/aromatic N) is 1. The molecular formula is C24H27ClFN3O3S. The fourth-order valence-corrected chi connectivity index (χ4v) is 5.74. The van der Waals surface area contributed by atoms with Crippen LogP contribution >= 0.6 is 23.5 Å². The topological polar surface area (TPSA) is 62.8 Å². The summed E-state index contributed by atoms with van der Waals surface area (Å²) in [5, 5.41) is 3.44. The summed E-state index contributed by atoms with van der Waals surface area (Å²) in [6.45, 7) is 2.76. The van der Waals surface area contributed by atoms with Crippen LogP contribution < -0.4 is 14.8 Å². The van der Waals surface area contributed by atoms with Crippen molar-refractivity contribution in [3.63, 3.8) is 0 Å². The van der Waals surface area contributed by atoms with Gasteiger partial charge in [0.25, 0.3) is 0 Å². The lowest BCUT2D eigenvalue weighted by Gasteiger charge is -2.30. The van der Waals surface area contributed by atoms with Gasteiger partial charge in [0.15, 0.2) is 0 Å². The van der Waals surface area contributed by atoms with E-state index in [0.717, 1.165) is 55.7 Å². The molecule has 1 aliphatic carbocycles. The van der Waals surface area contributed by atoms with Gasteiger partial charge in [-0.1, -0.05) is 24.4 Å². The zero-order chi connectivity index (χ0) is 23.0. The number of anilines is 2. The highest BCUT2D eigenvalue weighted by atomic mass is 35.5. The first-order chi connectivity index (χ1) is 15.9. The Bertz CT molecular complexity index is 1060. The van der Waals surface area contributed by atoms with Crippen LogP contribution in [-0.2, 0) is 14.9 Å². The molecule has 2 aliphatic heterocycles. The van der Waals surface area contributed by atoms with Crippen molar-refractivity contribution in [3.8, 4) is 5.75 Å². The molecule has 2 heterocycles. The van der Waals surface area contributed by atoms with E-state index in [1.54, 1.807) is 12.1 Å². The summed E-state index contributed by atoms with van der Waals surface area (Å²) in [5.41, 5.74) is 1.96. The molecule has 33 heavy (non-hydrogen) atoms. The second-order valence-electron chi connectivity index (χ2n) is 8.99. The van der Waals surface area contributed by atoms with Crippen LogP contribution in [0.5, 0.6) is 5.75 Å². The Labute approximate surface area is 202 Å². The van der Waals surface area contributed by atoms with Crippen LogP contribution in [0.15, 0.2) is 35.2 Å². The van der Waals surface area contributed by atoms with Crippen LogP contribution in [0.3, 0.4) is 0 Å². The van der Waals surface area contributed by atoms with Crippen molar-refractivity contribution in [2.24, 2.45) is 0 Å². The Balaban J connectivity index is 1.42. The molecule has 1 amide bonds. The Morgan fingerprint density at radius 3 is 2.91 bits per heavy atom. The highest BCUT2D eigenvalue weighted by molar-refractivity contribution is 8.00. The largest absolute Gasteiger partial charge is 0.489 e. The van der Waals surface area contributed by atoms with Gasteiger partial charge in [0.1, 0.15) is 24.3 Å². The first-order valence-electron chi connectivity index (χ1n) is 11.3. The molecule has 9 heteroatoms. The molecule has 2 N–H and O–H groups in total. The molecule has 2 aromatic rings. The second kappa shape index (κ2) is 9.33. The van der Waals surface area contributed by atoms with Gasteiger partial charge in [-0.3, -0.25) is 4.79 Å². The minimum absolute atomic E-state index is 0.0360. The second-order valence-corrected chi connectivity index (χ2v) is 10.3. The van der Waals surface area contributed by atoms with E-state index in [9.17, 15) is 9.18 Å². The third-order valence-electron chi connectivity index (χ3n) is 6.69. The number of hydrogen-bond donors (Lipinski definition) is 2. The van der Waals surface area contributed by atoms with E-state index in [4.69, 9.17) is 21.1 Å². The average molecular weight is 492 g/mol. The van der Waals surface area contributed by atoms with Crippen LogP contribution in [0.25, 0.3) is 0 Å². The molecule has 1 atom stereocenters. The molecule has 6 nitrogen and oxygen atoms in total. The van der Waals surface area contributed by atoms with Crippen molar-refractivity contribution in [2.45, 2.75) is 42.1 Å². The molecule has 1 saturated carbocycles. The summed E-state index contributed by atoms with van der Waals surface area (Å²) < 4.78 is 29.5. The molecule has 5 rings (SSSR count). The fraction of sp³-hybridized carbons (Fsp3) is 0.458. The maximum absolute atomic E-state index is 14.3. The minimum atomic E-state index is -0.511. The number of carbonyl (C=O) groups excluding carboxylic acids is 1. The lowest BCUT2D eigenvalue weighted by molar-refractivity contribution is -0.120. The summed E-state index contributed by atoms with van der Waals surface area (Å²) in [7, 11) is 2.06. The molecule has 1 unspecified atom stereocenters. The van der Waals surface area contributed by atoms with Crippen molar-refractivity contribution in [1.82, 2.24) is 4.90 Å². The number of hydrogen-bond acceptors (Lipinski definition) is 6. The Kier molecular flexibility index (Phi) is 6.44. The number of halogens is 2.